The van der Waals surface area contributed by atoms with Gasteiger partial charge in [-0.15, -0.1) is 0 Å². The van der Waals surface area contributed by atoms with E-state index in [2.05, 4.69) is 32.0 Å². The molecular weight excluding hydrogens is 635 g/mol. The minimum Gasteiger partial charge on any atom is -0.355 e. The molecule has 0 radical (unpaired) electrons. The van der Waals surface area contributed by atoms with Gasteiger partial charge in [-0.3, -0.25) is 4.57 Å². The van der Waals surface area contributed by atoms with Crippen LogP contribution in [0.5, 0.6) is 0 Å². The number of para-hydroxylation sites is 3. The van der Waals surface area contributed by atoms with Gasteiger partial charge in [0.05, 0.1) is 29.1 Å². The number of halogens is 2. The van der Waals surface area contributed by atoms with Gasteiger partial charge in [0.1, 0.15) is 5.82 Å². The highest BCUT2D eigenvalue weighted by atomic mass is 19.3. The monoisotopic (exact) mass is 679 g/mol. The molecule has 0 N–H and O–H groups in total. The highest BCUT2D eigenvalue weighted by Crippen LogP contribution is 2.45. The summed E-state index contributed by atoms with van der Waals surface area (Å²) >= 11 is 0. The Kier molecular flexibility index (Phi) is 6.77. The molecule has 51 heavy (non-hydrogen) atoms. The lowest BCUT2D eigenvalue weighted by molar-refractivity contribution is 0.0428. The summed E-state index contributed by atoms with van der Waals surface area (Å²) in [7, 11) is 0. The molecule has 0 bridgehead atoms. The first-order chi connectivity index (χ1) is 25.5. The second-order valence-electron chi connectivity index (χ2n) is 15.1. The van der Waals surface area contributed by atoms with Crippen molar-refractivity contribution in [2.24, 2.45) is 0 Å². The largest absolute Gasteiger partial charge is 0.355 e. The molecule has 3 heterocycles. The number of hydrogen-bond acceptors (Lipinski definition) is 3. The van der Waals surface area contributed by atoms with Crippen LogP contribution in [0.3, 0.4) is 0 Å². The minimum atomic E-state index is -3.40. The number of anilines is 3. The lowest BCUT2D eigenvalue weighted by Crippen LogP contribution is -2.25. The topological polar surface area (TPSA) is 24.3 Å². The maximum Gasteiger partial charge on any atom is 0.298 e. The van der Waals surface area contributed by atoms with Crippen LogP contribution in [0.4, 0.5) is 25.8 Å². The van der Waals surface area contributed by atoms with Gasteiger partial charge in [-0.1, -0.05) is 107 Å². The fourth-order valence-electron chi connectivity index (χ4n) is 7.35. The molecule has 5 aromatic carbocycles. The number of fused-ring (bicyclic) bond motifs is 4. The normalized spacial score (nSPS) is 14.8. The Hall–Kier alpha value is -5.49. The van der Waals surface area contributed by atoms with Crippen molar-refractivity contribution in [3.05, 3.63) is 161 Å². The Bertz CT molecular complexity index is 2530. The summed E-state index contributed by atoms with van der Waals surface area (Å²) in [5, 5.41) is 1.79. The first-order valence-corrected chi connectivity index (χ1v) is 17.3. The third-order valence-corrected chi connectivity index (χ3v) is 10.4. The summed E-state index contributed by atoms with van der Waals surface area (Å²) < 4.78 is 61.1. The molecule has 2 aromatic heterocycles. The molecule has 6 heteroatoms. The SMILES string of the molecule is [2H]C([2H])([2H])N1CN(c2cc(C(C)(C)C)cc(C(F)(F)c3ccc4c5ccccc5n(-c5cc(C(C)(C)c6ccccc6)ccn5)c4c3)c2)c2ccccc21. The number of hydrogen-bond donors (Lipinski definition) is 0. The highest BCUT2D eigenvalue weighted by Gasteiger charge is 2.37. The molecule has 4 nitrogen and oxygen atoms in total. The minimum absolute atomic E-state index is 0.00760. The van der Waals surface area contributed by atoms with Crippen LogP contribution in [0.1, 0.15) is 66.5 Å². The first-order valence-electron chi connectivity index (χ1n) is 18.8. The highest BCUT2D eigenvalue weighted by molar-refractivity contribution is 6.09. The maximum absolute atomic E-state index is 17.3. The van der Waals surface area contributed by atoms with E-state index in [0.29, 0.717) is 28.4 Å². The van der Waals surface area contributed by atoms with Crippen molar-refractivity contribution in [3.63, 3.8) is 0 Å². The van der Waals surface area contributed by atoms with Gasteiger partial charge in [0.25, 0.3) is 5.92 Å². The molecule has 0 saturated carbocycles. The third-order valence-electron chi connectivity index (χ3n) is 10.4. The number of alkyl halides is 2. The van der Waals surface area contributed by atoms with E-state index in [4.69, 9.17) is 9.10 Å². The van der Waals surface area contributed by atoms with Crippen molar-refractivity contribution in [2.45, 2.75) is 51.4 Å². The lowest BCUT2D eigenvalue weighted by atomic mass is 9.78. The van der Waals surface area contributed by atoms with E-state index in [1.807, 2.05) is 97.0 Å². The quantitative estimate of drug-likeness (QED) is 0.175. The van der Waals surface area contributed by atoms with Gasteiger partial charge in [-0.25, -0.2) is 4.98 Å². The Morgan fingerprint density at radius 3 is 2.06 bits per heavy atom. The Morgan fingerprint density at radius 1 is 0.608 bits per heavy atom. The Balaban J connectivity index is 1.28. The van der Waals surface area contributed by atoms with E-state index >= 15 is 8.78 Å². The third kappa shape index (κ3) is 5.45. The van der Waals surface area contributed by atoms with E-state index in [-0.39, 0.29) is 23.2 Å². The van der Waals surface area contributed by atoms with Gasteiger partial charge in [-0.05, 0) is 76.7 Å². The summed E-state index contributed by atoms with van der Waals surface area (Å²) in [5.41, 5.74) is 5.02. The van der Waals surface area contributed by atoms with Crippen LogP contribution in [-0.4, -0.2) is 23.2 Å². The Morgan fingerprint density at radius 2 is 1.29 bits per heavy atom. The zero-order valence-electron chi connectivity index (χ0n) is 32.5. The summed E-state index contributed by atoms with van der Waals surface area (Å²) in [4.78, 5) is 7.95. The summed E-state index contributed by atoms with van der Waals surface area (Å²) in [6.45, 7) is 7.93. The van der Waals surface area contributed by atoms with E-state index in [1.165, 1.54) is 17.0 Å². The Labute approximate surface area is 302 Å². The van der Waals surface area contributed by atoms with E-state index in [0.717, 1.165) is 33.0 Å². The molecule has 7 aromatic rings. The zero-order valence-corrected chi connectivity index (χ0v) is 29.5. The van der Waals surface area contributed by atoms with Crippen LogP contribution in [-0.2, 0) is 16.8 Å². The van der Waals surface area contributed by atoms with Crippen molar-refractivity contribution in [1.82, 2.24) is 9.55 Å². The van der Waals surface area contributed by atoms with Crippen molar-refractivity contribution >= 4 is 38.9 Å². The summed E-state index contributed by atoms with van der Waals surface area (Å²) in [6.07, 6.45) is 1.79. The van der Waals surface area contributed by atoms with Crippen molar-refractivity contribution in [2.75, 3.05) is 23.4 Å². The van der Waals surface area contributed by atoms with Crippen LogP contribution in [0.25, 0.3) is 27.6 Å². The molecule has 0 fully saturated rings. The second-order valence-corrected chi connectivity index (χ2v) is 15.1. The van der Waals surface area contributed by atoms with E-state index in [9.17, 15) is 0 Å². The number of pyridine rings is 1. The molecule has 8 rings (SSSR count). The number of nitrogens with zero attached hydrogens (tertiary/aromatic N) is 4. The predicted octanol–water partition coefficient (Wildman–Crippen LogP) is 11.5. The zero-order chi connectivity index (χ0) is 38.2. The molecule has 0 unspecified atom stereocenters. The standard InChI is InChI=1S/C45H42F2N4/c1-43(2,3)33-24-34(26-35(25-33)50-29-49(6)39-18-12-13-19-40(39)50)45(46,47)32-20-21-37-36-16-10-11-17-38(36)51(41(37)27-32)42-28-31(22-23-48-42)44(4,5)30-14-8-7-9-15-30/h7-28H,29H2,1-6H3/i6D3. The van der Waals surface area contributed by atoms with Crippen LogP contribution in [0.15, 0.2) is 134 Å². The van der Waals surface area contributed by atoms with E-state index in [1.54, 1.807) is 36.5 Å². The van der Waals surface area contributed by atoms with Gasteiger partial charge >= 0.3 is 0 Å². The average molecular weight is 680 g/mol. The van der Waals surface area contributed by atoms with Crippen molar-refractivity contribution < 1.29 is 12.9 Å². The van der Waals surface area contributed by atoms with Crippen LogP contribution < -0.4 is 9.80 Å². The molecule has 0 atom stereocenters. The molecule has 1 aliphatic heterocycles. The van der Waals surface area contributed by atoms with Crippen molar-refractivity contribution in [1.29, 1.82) is 0 Å². The summed E-state index contributed by atoms with van der Waals surface area (Å²) in [5.74, 6) is -2.76. The predicted molar refractivity (Wildman–Crippen MR) is 207 cm³/mol. The van der Waals surface area contributed by atoms with Crippen LogP contribution in [0.2, 0.25) is 0 Å². The number of rotatable bonds is 6. The molecule has 0 aliphatic carbocycles. The average Bonchev–Trinajstić information content (AvgIpc) is 3.71. The first kappa shape index (κ1) is 29.3. The molecule has 1 aliphatic rings. The second kappa shape index (κ2) is 11.8. The summed E-state index contributed by atoms with van der Waals surface area (Å²) in [6, 6.07) is 39.4. The van der Waals surface area contributed by atoms with Gasteiger partial charge < -0.3 is 9.80 Å². The fraction of sp³-hybridized carbons (Fsp3) is 0.222. The van der Waals surface area contributed by atoms with Crippen LogP contribution in [0, 0.1) is 0 Å². The molecule has 0 saturated heterocycles. The van der Waals surface area contributed by atoms with Gasteiger partial charge in [-0.2, -0.15) is 8.78 Å². The maximum atomic E-state index is 17.3. The fourth-order valence-corrected chi connectivity index (χ4v) is 7.35. The van der Waals surface area contributed by atoms with Gasteiger partial charge in [0, 0.05) is 50.3 Å². The number of benzene rings is 5. The van der Waals surface area contributed by atoms with Crippen LogP contribution >= 0.6 is 0 Å². The smallest absolute Gasteiger partial charge is 0.298 e. The van der Waals surface area contributed by atoms with Gasteiger partial charge in [0.15, 0.2) is 0 Å². The molecular formula is C45H42F2N4. The lowest BCUT2D eigenvalue weighted by Gasteiger charge is -2.28. The van der Waals surface area contributed by atoms with E-state index < -0.39 is 18.3 Å². The molecule has 256 valence electrons. The molecule has 0 amide bonds. The van der Waals surface area contributed by atoms with Gasteiger partial charge in [0.2, 0.25) is 0 Å². The number of aromatic nitrogens is 2. The molecule has 0 spiro atoms. The van der Waals surface area contributed by atoms with Crippen molar-refractivity contribution in [3.8, 4) is 5.82 Å².